The molecule has 5 aliphatic rings. The number of nitrogens with two attached hydrogens (primary N) is 1. The second-order valence-corrected chi connectivity index (χ2v) is 30.2. The number of piperazine rings is 1. The summed E-state index contributed by atoms with van der Waals surface area (Å²) in [4.78, 5) is 40.0. The van der Waals surface area contributed by atoms with E-state index in [1.807, 2.05) is 61.5 Å². The van der Waals surface area contributed by atoms with Crippen LogP contribution in [-0.2, 0) is 67.3 Å². The normalized spacial score (nSPS) is 22.0. The summed E-state index contributed by atoms with van der Waals surface area (Å²) in [6.07, 6.45) is 8.86. The molecule has 490 valence electrons. The first-order chi connectivity index (χ1) is 42.7. The van der Waals surface area contributed by atoms with Gasteiger partial charge in [0.2, 0.25) is 11.6 Å². The number of allylic oxidation sites excluding steroid dienone is 7. The third-order valence-corrected chi connectivity index (χ3v) is 20.2. The van der Waals surface area contributed by atoms with Crippen molar-refractivity contribution in [3.8, 4) is 5.75 Å². The Hall–Kier alpha value is -7.20. The number of fused-ring (bicyclic) bond motifs is 3. The number of carbonyl (C=O) groups is 3. The zero-order chi connectivity index (χ0) is 66.0. The highest BCUT2D eigenvalue weighted by Crippen LogP contribution is 2.49. The van der Waals surface area contributed by atoms with Crippen LogP contribution in [0.5, 0.6) is 5.75 Å². The van der Waals surface area contributed by atoms with Crippen LogP contribution < -0.4 is 47.3 Å². The summed E-state index contributed by atoms with van der Waals surface area (Å²) < 4.78 is 144. The minimum atomic E-state index is -4.62. The molecule has 1 aliphatic carbocycles. The second kappa shape index (κ2) is 27.2. The molecular formula is C61H76N9O17S4+. The largest absolute Gasteiger partial charge is 0.480 e. The zero-order valence-electron chi connectivity index (χ0n) is 50.4. The molecule has 0 spiro atoms. The Bertz CT molecular complexity index is 4130. The number of carboxylic acid groups (broad SMARTS) is 1. The monoisotopic (exact) mass is 1330 g/mol. The van der Waals surface area contributed by atoms with E-state index in [9.17, 15) is 71.4 Å². The van der Waals surface area contributed by atoms with Gasteiger partial charge in [-0.15, -0.1) is 0 Å². The molecule has 4 heterocycles. The molecule has 4 unspecified atom stereocenters. The number of benzene rings is 4. The average molecular weight is 1340 g/mol. The van der Waals surface area contributed by atoms with Crippen LogP contribution in [0.4, 0.5) is 17.1 Å². The van der Waals surface area contributed by atoms with E-state index >= 15 is 0 Å². The lowest BCUT2D eigenvalue weighted by atomic mass is 9.81. The summed E-state index contributed by atoms with van der Waals surface area (Å²) >= 11 is 0. The SMILES string of the molecule is CC1(C)C(/C=C/C2=C(Oc3ccc(C[C@H](NC(=O)c4ccc(NCC5CNC6NC(N)NC(=O)C6N5)cc4)C(=O)O)cc3)C(=C/C=C3/N(CCCCS(=O)(=O)O)c4ccc(S(=O)(=O)O)cc4C3(C)C)/CCC2)=[N+](CCCCS(=O)(=O)O)c2ccc(S(=O)(=O)O)cc21. The summed E-state index contributed by atoms with van der Waals surface area (Å²) in [7, 11) is -17.8. The fourth-order valence-corrected chi connectivity index (χ4v) is 14.3. The first-order valence-electron chi connectivity index (χ1n) is 29.5. The molecular weight excluding hydrogens is 1260 g/mol. The molecule has 0 saturated carbocycles. The van der Waals surface area contributed by atoms with Crippen molar-refractivity contribution in [1.29, 1.82) is 0 Å². The predicted molar refractivity (Wildman–Crippen MR) is 340 cm³/mol. The standard InChI is InChI=1S/C61H75N9O17S4/c1-60(2)46-33-44(90(81,82)83)22-24-49(46)69(28-5-7-30-88(75,76)77)51(60)26-16-38-10-9-11-39(17-27-52-61(3,4)47-34-45(91(84,85)86)23-25-50(47)70(52)29-6-8-31-89(78,79)80)54(38)87-43-20-12-37(13-21-43)32-48(58(73)74)66-56(71)40-14-18-41(19-15-40)63-35-42-36-64-55-53(65-42)57(72)68-59(62)67-55/h12-27,33-34,42,48,53,55,59,64-65,67H,5-11,28-32,35-36,62H2,1-4H3,(H7-,63,66,68,71,72,73,74,75,76,77,78,79,80,81,82,83,84,85,86)/p+1/t42?,48-,53?,55?,59?/m0/s1. The number of anilines is 2. The van der Waals surface area contributed by atoms with Crippen LogP contribution in [0.3, 0.4) is 0 Å². The fourth-order valence-electron chi connectivity index (χ4n) is 12.2. The van der Waals surface area contributed by atoms with Crippen molar-refractivity contribution in [2.75, 3.05) is 47.9 Å². The van der Waals surface area contributed by atoms with Crippen molar-refractivity contribution in [1.82, 2.24) is 26.6 Å². The first-order valence-corrected chi connectivity index (χ1v) is 35.6. The number of aliphatic carboxylic acids is 1. The Morgan fingerprint density at radius 3 is 2.08 bits per heavy atom. The van der Waals surface area contributed by atoms with Crippen LogP contribution in [-0.4, -0.2) is 153 Å². The van der Waals surface area contributed by atoms with Gasteiger partial charge in [0, 0.05) is 84.3 Å². The van der Waals surface area contributed by atoms with Crippen molar-refractivity contribution in [3.05, 3.63) is 154 Å². The Morgan fingerprint density at radius 2 is 1.43 bits per heavy atom. The van der Waals surface area contributed by atoms with Gasteiger partial charge >= 0.3 is 5.97 Å². The molecule has 4 aliphatic heterocycles. The number of hydrogen-bond donors (Lipinski definition) is 12. The summed E-state index contributed by atoms with van der Waals surface area (Å²) in [5.41, 5.74) is 10.7. The molecule has 26 nitrogen and oxygen atoms in total. The fraction of sp³-hybridized carbons (Fsp3) is 0.410. The summed E-state index contributed by atoms with van der Waals surface area (Å²) in [6, 6.07) is 19.7. The van der Waals surface area contributed by atoms with Crippen LogP contribution in [0.1, 0.15) is 99.7 Å². The first kappa shape index (κ1) is 68.2. The van der Waals surface area contributed by atoms with Crippen LogP contribution in [0.15, 0.2) is 142 Å². The van der Waals surface area contributed by atoms with Gasteiger partial charge in [0.05, 0.1) is 32.9 Å². The van der Waals surface area contributed by atoms with Crippen LogP contribution >= 0.6 is 0 Å². The summed E-state index contributed by atoms with van der Waals surface area (Å²) in [6.45, 7) is 9.03. The summed E-state index contributed by atoms with van der Waals surface area (Å²) in [5.74, 6) is -2.28. The highest BCUT2D eigenvalue weighted by Gasteiger charge is 2.46. The summed E-state index contributed by atoms with van der Waals surface area (Å²) in [5, 5.41) is 28.6. The van der Waals surface area contributed by atoms with Crippen LogP contribution in [0.25, 0.3) is 0 Å². The van der Waals surface area contributed by atoms with E-state index in [1.165, 1.54) is 24.3 Å². The minimum Gasteiger partial charge on any atom is -0.480 e. The van der Waals surface area contributed by atoms with Gasteiger partial charge in [-0.05, 0) is 154 Å². The van der Waals surface area contributed by atoms with E-state index < -0.39 is 93.1 Å². The highest BCUT2D eigenvalue weighted by atomic mass is 32.2. The molecule has 91 heavy (non-hydrogen) atoms. The Morgan fingerprint density at radius 1 is 0.780 bits per heavy atom. The lowest BCUT2D eigenvalue weighted by molar-refractivity contribution is -0.438. The molecule has 2 saturated heterocycles. The molecule has 4 aromatic carbocycles. The quantitative estimate of drug-likeness (QED) is 0.0244. The number of nitrogens with one attached hydrogen (secondary N) is 6. The van der Waals surface area contributed by atoms with E-state index in [-0.39, 0.29) is 65.8 Å². The number of rotatable bonds is 25. The zero-order valence-corrected chi connectivity index (χ0v) is 53.7. The van der Waals surface area contributed by atoms with Crippen molar-refractivity contribution < 1.29 is 80.7 Å². The Labute approximate surface area is 529 Å². The van der Waals surface area contributed by atoms with Gasteiger partial charge in [0.15, 0.2) is 5.71 Å². The molecule has 13 N–H and O–H groups in total. The number of hydrogen-bond acceptors (Lipinski definition) is 18. The van der Waals surface area contributed by atoms with Gasteiger partial charge in [-0.2, -0.15) is 38.2 Å². The smallest absolute Gasteiger partial charge is 0.326 e. The van der Waals surface area contributed by atoms with E-state index in [1.54, 1.807) is 60.7 Å². The lowest BCUT2D eigenvalue weighted by Gasteiger charge is -2.42. The topological polar surface area (TPSA) is 403 Å². The molecule has 0 aromatic heterocycles. The maximum absolute atomic E-state index is 13.5. The average Bonchev–Trinajstić information content (AvgIpc) is 1.60. The lowest BCUT2D eigenvalue weighted by Crippen LogP contribution is -2.78. The highest BCUT2D eigenvalue weighted by molar-refractivity contribution is 7.86. The molecule has 2 amide bonds. The third kappa shape index (κ3) is 16.5. The number of ether oxygens (including phenoxy) is 1. The maximum Gasteiger partial charge on any atom is 0.326 e. The van der Waals surface area contributed by atoms with Gasteiger partial charge in [-0.25, -0.2) is 4.79 Å². The van der Waals surface area contributed by atoms with Crippen molar-refractivity contribution in [2.45, 2.75) is 130 Å². The van der Waals surface area contributed by atoms with Gasteiger partial charge in [-0.3, -0.25) is 49.5 Å². The molecule has 2 fully saturated rings. The predicted octanol–water partition coefficient (Wildman–Crippen LogP) is 4.63. The molecule has 5 atom stereocenters. The Kier molecular flexibility index (Phi) is 20.4. The van der Waals surface area contributed by atoms with E-state index in [0.717, 1.165) is 0 Å². The van der Waals surface area contributed by atoms with Gasteiger partial charge in [0.25, 0.3) is 46.4 Å². The molecule has 0 radical (unpaired) electrons. The molecule has 9 rings (SSSR count). The van der Waals surface area contributed by atoms with Crippen LogP contribution in [0.2, 0.25) is 0 Å². The van der Waals surface area contributed by atoms with Gasteiger partial charge in [0.1, 0.15) is 36.4 Å². The molecule has 4 aromatic rings. The van der Waals surface area contributed by atoms with Gasteiger partial charge in [-0.1, -0.05) is 32.1 Å². The molecule has 0 bridgehead atoms. The number of carbonyl (C=O) groups excluding carboxylic acids is 2. The Balaban J connectivity index is 1.01. The third-order valence-electron chi connectivity index (χ3n) is 16.9. The van der Waals surface area contributed by atoms with E-state index in [0.29, 0.717) is 113 Å². The maximum atomic E-state index is 13.5. The van der Waals surface area contributed by atoms with Crippen LogP contribution in [0, 0.1) is 0 Å². The van der Waals surface area contributed by atoms with Crippen molar-refractivity contribution in [3.63, 3.8) is 0 Å². The number of amides is 2. The minimum absolute atomic E-state index is 0.106. The van der Waals surface area contributed by atoms with Crippen molar-refractivity contribution in [2.24, 2.45) is 5.73 Å². The number of unbranched alkanes of at least 4 members (excludes halogenated alkanes) is 2. The van der Waals surface area contributed by atoms with E-state index in [2.05, 4.69) is 31.9 Å². The number of nitrogens with zero attached hydrogens (tertiary/aromatic N) is 2. The van der Waals surface area contributed by atoms with E-state index in [4.69, 9.17) is 10.5 Å². The van der Waals surface area contributed by atoms with Gasteiger partial charge < -0.3 is 30.7 Å². The second-order valence-electron chi connectivity index (χ2n) is 24.2. The van der Waals surface area contributed by atoms with Crippen molar-refractivity contribution >= 4 is 81.0 Å². The molecule has 30 heteroatoms. The number of carboxylic acids is 1.